The minimum absolute atomic E-state index is 0.104. The molecule has 2 N–H and O–H groups in total. The molecule has 0 aliphatic rings. The number of nitrogens with one attached hydrogen (secondary N) is 1. The molecule has 3 rings (SSSR count). The van der Waals surface area contributed by atoms with Gasteiger partial charge in [-0.05, 0) is 37.3 Å². The average Bonchev–Trinajstić information content (AvgIpc) is 3.05. The molecular weight excluding hydrogens is 378 g/mol. The van der Waals surface area contributed by atoms with Gasteiger partial charge in [-0.15, -0.1) is 0 Å². The van der Waals surface area contributed by atoms with Crippen LogP contribution in [0.3, 0.4) is 0 Å². The third-order valence-corrected chi connectivity index (χ3v) is 5.64. The lowest BCUT2D eigenvalue weighted by molar-refractivity contribution is 0.0411. The third-order valence-electron chi connectivity index (χ3n) is 3.98. The van der Waals surface area contributed by atoms with Crippen molar-refractivity contribution in [3.8, 4) is 5.75 Å². The monoisotopic (exact) mass is 395 g/mol. The van der Waals surface area contributed by atoms with Crippen LogP contribution in [0.5, 0.6) is 5.75 Å². The van der Waals surface area contributed by atoms with Gasteiger partial charge in [0.25, 0.3) is 0 Å². The van der Waals surface area contributed by atoms with E-state index in [1.165, 1.54) is 32.2 Å². The van der Waals surface area contributed by atoms with Crippen LogP contribution in [-0.2, 0) is 15.6 Å². The average molecular weight is 396 g/mol. The first-order valence-corrected chi connectivity index (χ1v) is 9.64. The zero-order valence-electron chi connectivity index (χ0n) is 14.2. The highest BCUT2D eigenvalue weighted by Gasteiger charge is 2.31. The smallest absolute Gasteiger partial charge is 0.244 e. The maximum atomic E-state index is 12.6. The van der Waals surface area contributed by atoms with Gasteiger partial charge in [0.1, 0.15) is 27.6 Å². The Morgan fingerprint density at radius 3 is 2.65 bits per heavy atom. The Morgan fingerprint density at radius 2 is 1.96 bits per heavy atom. The van der Waals surface area contributed by atoms with Gasteiger partial charge >= 0.3 is 0 Å². The molecule has 2 aromatic carbocycles. The van der Waals surface area contributed by atoms with Crippen molar-refractivity contribution in [2.75, 3.05) is 13.7 Å². The zero-order chi connectivity index (χ0) is 18.9. The lowest BCUT2D eigenvalue weighted by Crippen LogP contribution is -2.38. The van der Waals surface area contributed by atoms with Gasteiger partial charge in [0.2, 0.25) is 10.0 Å². The number of sulfonamides is 1. The van der Waals surface area contributed by atoms with E-state index in [4.69, 9.17) is 20.8 Å². The van der Waals surface area contributed by atoms with Crippen LogP contribution in [0.4, 0.5) is 0 Å². The highest BCUT2D eigenvalue weighted by Crippen LogP contribution is 2.30. The fourth-order valence-electron chi connectivity index (χ4n) is 2.51. The van der Waals surface area contributed by atoms with Gasteiger partial charge in [0.15, 0.2) is 0 Å². The first-order valence-electron chi connectivity index (χ1n) is 7.77. The van der Waals surface area contributed by atoms with Crippen LogP contribution in [0.1, 0.15) is 12.7 Å². The Kier molecular flexibility index (Phi) is 4.98. The second kappa shape index (κ2) is 6.92. The summed E-state index contributed by atoms with van der Waals surface area (Å²) in [6.07, 6.45) is 0. The van der Waals surface area contributed by atoms with E-state index in [-0.39, 0.29) is 28.0 Å². The number of para-hydroxylation sites is 1. The lowest BCUT2D eigenvalue weighted by atomic mass is 10.0. The Bertz CT molecular complexity index is 1010. The Labute approximate surface area is 156 Å². The molecular formula is C18H18ClNO5S. The Hall–Kier alpha value is -2.06. The molecule has 0 spiro atoms. The van der Waals surface area contributed by atoms with E-state index < -0.39 is 15.6 Å². The summed E-state index contributed by atoms with van der Waals surface area (Å²) in [7, 11) is -2.59. The van der Waals surface area contributed by atoms with Crippen molar-refractivity contribution in [2.24, 2.45) is 0 Å². The summed E-state index contributed by atoms with van der Waals surface area (Å²) >= 11 is 5.90. The van der Waals surface area contributed by atoms with Gasteiger partial charge in [-0.2, -0.15) is 0 Å². The van der Waals surface area contributed by atoms with Crippen molar-refractivity contribution in [1.29, 1.82) is 0 Å². The molecule has 138 valence electrons. The highest BCUT2D eigenvalue weighted by molar-refractivity contribution is 7.89. The van der Waals surface area contributed by atoms with Crippen molar-refractivity contribution in [1.82, 2.24) is 4.72 Å². The highest BCUT2D eigenvalue weighted by atomic mass is 35.5. The topological polar surface area (TPSA) is 88.8 Å². The number of hydrogen-bond acceptors (Lipinski definition) is 5. The molecule has 0 fully saturated rings. The van der Waals surface area contributed by atoms with Crippen LogP contribution >= 0.6 is 11.6 Å². The number of aliphatic hydroxyl groups is 1. The first-order chi connectivity index (χ1) is 12.2. The molecule has 1 aromatic heterocycles. The van der Waals surface area contributed by atoms with Crippen LogP contribution in [-0.4, -0.2) is 27.2 Å². The zero-order valence-corrected chi connectivity index (χ0v) is 15.8. The SMILES string of the molecule is COc1ccc(Cl)cc1S(=O)(=O)NC[C@@](C)(O)c1cc2ccccc2o1. The number of hydrogen-bond donors (Lipinski definition) is 2. The van der Waals surface area contributed by atoms with Crippen LogP contribution < -0.4 is 9.46 Å². The number of ether oxygens (including phenoxy) is 1. The first kappa shape index (κ1) is 18.7. The predicted octanol–water partition coefficient (Wildman–Crippen LogP) is 3.28. The molecule has 0 aliphatic heterocycles. The van der Waals surface area contributed by atoms with Crippen molar-refractivity contribution in [3.63, 3.8) is 0 Å². The van der Waals surface area contributed by atoms with Gasteiger partial charge in [0, 0.05) is 17.0 Å². The molecule has 0 radical (unpaired) electrons. The number of rotatable bonds is 6. The third kappa shape index (κ3) is 3.71. The number of methoxy groups -OCH3 is 1. The van der Waals surface area contributed by atoms with E-state index in [0.717, 1.165) is 5.39 Å². The van der Waals surface area contributed by atoms with E-state index in [1.807, 2.05) is 18.2 Å². The van der Waals surface area contributed by atoms with Crippen LogP contribution in [0.2, 0.25) is 5.02 Å². The second-order valence-electron chi connectivity index (χ2n) is 6.04. The van der Waals surface area contributed by atoms with Crippen molar-refractivity contribution < 1.29 is 22.7 Å². The minimum atomic E-state index is -3.96. The molecule has 26 heavy (non-hydrogen) atoms. The molecule has 0 saturated heterocycles. The fourth-order valence-corrected chi connectivity index (χ4v) is 4.07. The van der Waals surface area contributed by atoms with Crippen LogP contribution in [0.15, 0.2) is 57.8 Å². The van der Waals surface area contributed by atoms with Gasteiger partial charge in [0.05, 0.1) is 7.11 Å². The van der Waals surface area contributed by atoms with Crippen molar-refractivity contribution in [3.05, 3.63) is 59.3 Å². The van der Waals surface area contributed by atoms with E-state index in [0.29, 0.717) is 5.58 Å². The minimum Gasteiger partial charge on any atom is -0.495 e. The Balaban J connectivity index is 1.85. The summed E-state index contributed by atoms with van der Waals surface area (Å²) in [5.41, 5.74) is -0.931. The van der Waals surface area contributed by atoms with E-state index in [2.05, 4.69) is 4.72 Å². The molecule has 0 unspecified atom stereocenters. The molecule has 6 nitrogen and oxygen atoms in total. The summed E-state index contributed by atoms with van der Waals surface area (Å²) in [5, 5.41) is 11.8. The van der Waals surface area contributed by atoms with Crippen LogP contribution in [0.25, 0.3) is 11.0 Å². The van der Waals surface area contributed by atoms with Crippen LogP contribution in [0, 0.1) is 0 Å². The van der Waals surface area contributed by atoms with Gasteiger partial charge in [-0.3, -0.25) is 0 Å². The standard InChI is InChI=1S/C18H18ClNO5S/c1-18(21,17-9-12-5-3-4-6-14(12)25-17)11-20-26(22,23)16-10-13(19)7-8-15(16)24-2/h3-10,20-21H,11H2,1-2H3/t18-/m1/s1. The summed E-state index contributed by atoms with van der Waals surface area (Å²) < 4.78 is 38.4. The fraction of sp³-hybridized carbons (Fsp3) is 0.222. The van der Waals surface area contributed by atoms with Crippen molar-refractivity contribution in [2.45, 2.75) is 17.4 Å². The number of fused-ring (bicyclic) bond motifs is 1. The quantitative estimate of drug-likeness (QED) is 0.668. The number of halogens is 1. The van der Waals surface area contributed by atoms with E-state index in [1.54, 1.807) is 12.1 Å². The van der Waals surface area contributed by atoms with Gasteiger partial charge in [-0.1, -0.05) is 29.8 Å². The number of benzene rings is 2. The Morgan fingerprint density at radius 1 is 1.23 bits per heavy atom. The molecule has 8 heteroatoms. The lowest BCUT2D eigenvalue weighted by Gasteiger charge is -2.21. The molecule has 0 saturated carbocycles. The van der Waals surface area contributed by atoms with E-state index >= 15 is 0 Å². The van der Waals surface area contributed by atoms with E-state index in [9.17, 15) is 13.5 Å². The summed E-state index contributed by atoms with van der Waals surface area (Å²) in [5.74, 6) is 0.421. The molecule has 0 bridgehead atoms. The molecule has 0 amide bonds. The molecule has 3 aromatic rings. The van der Waals surface area contributed by atoms with Crippen molar-refractivity contribution >= 4 is 32.6 Å². The second-order valence-corrected chi connectivity index (χ2v) is 8.21. The predicted molar refractivity (Wildman–Crippen MR) is 99.0 cm³/mol. The van der Waals surface area contributed by atoms with Gasteiger partial charge in [-0.25, -0.2) is 13.1 Å². The maximum absolute atomic E-state index is 12.6. The molecule has 1 atom stereocenters. The normalized spacial score (nSPS) is 14.3. The number of furan rings is 1. The summed E-state index contributed by atoms with van der Waals surface area (Å²) in [4.78, 5) is -0.104. The largest absolute Gasteiger partial charge is 0.495 e. The molecule has 0 aliphatic carbocycles. The molecule has 1 heterocycles. The van der Waals surface area contributed by atoms with Gasteiger partial charge < -0.3 is 14.3 Å². The summed E-state index contributed by atoms with van der Waals surface area (Å²) in [6.45, 7) is 1.19. The maximum Gasteiger partial charge on any atom is 0.244 e. The summed E-state index contributed by atoms with van der Waals surface area (Å²) in [6, 6.07) is 13.3.